The monoisotopic (exact) mass is 1530 g/mol. The van der Waals surface area contributed by atoms with Gasteiger partial charge in [-0.05, 0) is 170 Å². The van der Waals surface area contributed by atoms with Crippen LogP contribution in [0.1, 0.15) is 213 Å². The number of rotatable bonds is 12. The van der Waals surface area contributed by atoms with Crippen LogP contribution >= 0.6 is 0 Å². The Bertz CT molecular complexity index is 4290. The van der Waals surface area contributed by atoms with Crippen molar-refractivity contribution in [2.75, 3.05) is 20.2 Å². The minimum atomic E-state index is -3.99. The van der Waals surface area contributed by atoms with Crippen LogP contribution in [0.3, 0.4) is 0 Å². The SMILES string of the molecule is CC(C)(C)OC(=O)C[C@H]1CCCCC/C=C\[C@@H]2C[C@@]2(C(=O)NS(=O)(=O)C2(C)CC2)NC(=O)[C@@H]2C[C@]3(CCc4c(c(CO)nc5ccccc45)O3)CN2C1=O.COc1nc2ccccc2c2c1O[C@]1(CC2)C[C@H]2C(=O)N[C@]3(C(=O)NS(=O)(=O)C4(C)CC4)C[C@H]3/C=C\CCCCC[C@H](CC(=O)OC(C)(C)C)C(=O)N2C1. The number of hydrogen-bond donors (Lipinski definition) is 5. The number of benzene rings is 2. The van der Waals surface area contributed by atoms with E-state index in [1.165, 1.54) is 16.9 Å². The molecule has 2 spiro atoms. The standard InChI is InChI=1S/2C40H52N4O9S/c1-37(2,3)52-31(45)21-25-13-9-7-6-8-10-14-26-22-40(26,36(48)43-54(49,50)38(4)19-20-38)42-33(46)30-23-39(24-44(30)35(25)47)18-17-28-27-15-11-12-16-29(27)41-34(51-5)32(28)53-39;1-37(2,3)52-32(46)20-25-12-8-6-5-7-9-13-26-21-40(26,36(49)43-54(50,51)38(4)18-19-38)42-34(47)31-22-39(24-44(31)35(25)48)17-16-28-27-14-10-11-15-29(27)41-30(23-45)33(28)53-39/h10-12,14-16,25-26,30H,6-9,13,17-24H2,1-5H3,(H,42,46)(H,43,48);9-11,13-15,25-26,31,45H,5-8,12,16-24H2,1-4H3,(H,42,47)(H,43,49)/b14-10-;13-9-/t25-,26-,30+,39-,40-;25-,26-,31+,39-,40-/m11/s1. The van der Waals surface area contributed by atoms with Gasteiger partial charge in [0, 0.05) is 58.4 Å². The molecule has 14 rings (SSSR count). The van der Waals surface area contributed by atoms with Gasteiger partial charge in [-0.2, -0.15) is 0 Å². The molecular formula is C80H104N8O18S2. The molecule has 0 bridgehead atoms. The van der Waals surface area contributed by atoms with Crippen LogP contribution in [0.4, 0.5) is 0 Å². The summed E-state index contributed by atoms with van der Waals surface area (Å²) in [6.45, 7) is 13.5. The smallest absolute Gasteiger partial charge is 0.307 e. The number of allylic oxidation sites excluding steroid dienone is 2. The summed E-state index contributed by atoms with van der Waals surface area (Å²) >= 11 is 0. The lowest BCUT2D eigenvalue weighted by molar-refractivity contribution is -0.159. The molecule has 10 aliphatic rings. The van der Waals surface area contributed by atoms with Crippen molar-refractivity contribution in [3.8, 4) is 17.4 Å². The van der Waals surface area contributed by atoms with Gasteiger partial charge in [-0.1, -0.05) is 86.4 Å². The van der Waals surface area contributed by atoms with Gasteiger partial charge in [-0.25, -0.2) is 26.8 Å². The predicted molar refractivity (Wildman–Crippen MR) is 399 cm³/mol. The summed E-state index contributed by atoms with van der Waals surface area (Å²) in [4.78, 5) is 125. The van der Waals surface area contributed by atoms with Crippen molar-refractivity contribution in [2.24, 2.45) is 23.7 Å². The molecule has 10 atom stereocenters. The molecule has 6 aliphatic heterocycles. The second kappa shape index (κ2) is 29.2. The molecule has 4 aliphatic carbocycles. The Morgan fingerprint density at radius 2 is 1.00 bits per heavy atom. The molecule has 6 fully saturated rings. The number of hydrogen-bond acceptors (Lipinski definition) is 20. The molecule has 28 heteroatoms. The van der Waals surface area contributed by atoms with Gasteiger partial charge >= 0.3 is 11.9 Å². The summed E-state index contributed by atoms with van der Waals surface area (Å²) < 4.78 is 85.9. The summed E-state index contributed by atoms with van der Waals surface area (Å²) in [7, 11) is -6.45. The van der Waals surface area contributed by atoms with Crippen LogP contribution in [0.15, 0.2) is 72.8 Å². The van der Waals surface area contributed by atoms with Gasteiger partial charge < -0.3 is 49.2 Å². The molecule has 0 radical (unpaired) electrons. The maximum absolute atomic E-state index is 14.8. The van der Waals surface area contributed by atoms with Crippen molar-refractivity contribution < 1.29 is 84.0 Å². The van der Waals surface area contributed by atoms with E-state index in [0.29, 0.717) is 113 Å². The zero-order valence-corrected chi connectivity index (χ0v) is 65.1. The van der Waals surface area contributed by atoms with Crippen molar-refractivity contribution in [3.63, 3.8) is 0 Å². The van der Waals surface area contributed by atoms with Crippen LogP contribution in [-0.2, 0) is 87.3 Å². The highest BCUT2D eigenvalue weighted by Crippen LogP contribution is 2.53. The Labute approximate surface area is 631 Å². The Kier molecular flexibility index (Phi) is 21.1. The zero-order chi connectivity index (χ0) is 77.4. The van der Waals surface area contributed by atoms with E-state index in [1.54, 1.807) is 55.4 Å². The van der Waals surface area contributed by atoms with Crippen LogP contribution in [-0.4, -0.2) is 164 Å². The maximum Gasteiger partial charge on any atom is 0.307 e. The number of aromatic nitrogens is 2. The van der Waals surface area contributed by atoms with Crippen molar-refractivity contribution in [3.05, 3.63) is 89.7 Å². The van der Waals surface area contributed by atoms with E-state index in [-0.39, 0.29) is 70.0 Å². The van der Waals surface area contributed by atoms with E-state index in [2.05, 4.69) is 25.1 Å². The number of aliphatic hydroxyl groups excluding tert-OH is 1. The predicted octanol–water partition coefficient (Wildman–Crippen LogP) is 8.78. The van der Waals surface area contributed by atoms with E-state index in [9.17, 15) is 60.3 Å². The Balaban J connectivity index is 0.000000190. The number of para-hydroxylation sites is 2. The summed E-state index contributed by atoms with van der Waals surface area (Å²) in [5, 5.41) is 18.1. The van der Waals surface area contributed by atoms with Crippen molar-refractivity contribution in [1.29, 1.82) is 0 Å². The highest BCUT2D eigenvalue weighted by atomic mass is 32.2. The molecule has 584 valence electrons. The largest absolute Gasteiger partial charge is 0.483 e. The zero-order valence-electron chi connectivity index (χ0n) is 63.5. The number of amides is 6. The van der Waals surface area contributed by atoms with Crippen LogP contribution in [0.25, 0.3) is 21.8 Å². The first kappa shape index (κ1) is 77.9. The van der Waals surface area contributed by atoms with Gasteiger partial charge in [0.25, 0.3) is 17.7 Å². The normalized spacial score (nSPS) is 30.1. The number of esters is 2. The average Bonchev–Trinajstić information content (AvgIpc) is 1.54. The third-order valence-corrected chi connectivity index (χ3v) is 28.0. The number of fused-ring (bicyclic) bond motifs is 10. The number of aryl methyl sites for hydroxylation is 2. The third-order valence-electron chi connectivity index (χ3n) is 23.7. The fraction of sp³-hybridized carbons (Fsp3) is 0.625. The number of aliphatic hydroxyl groups is 1. The Morgan fingerprint density at radius 3 is 1.42 bits per heavy atom. The molecule has 8 heterocycles. The lowest BCUT2D eigenvalue weighted by Gasteiger charge is -2.37. The molecule has 6 amide bonds. The topological polar surface area (TPSA) is 352 Å². The van der Waals surface area contributed by atoms with Crippen LogP contribution in [0.2, 0.25) is 0 Å². The van der Waals surface area contributed by atoms with Gasteiger partial charge in [0.05, 0.1) is 60.2 Å². The van der Waals surface area contributed by atoms with Crippen molar-refractivity contribution >= 4 is 89.2 Å². The first-order valence-electron chi connectivity index (χ1n) is 38.5. The second-order valence-corrected chi connectivity index (χ2v) is 38.7. The molecule has 2 aromatic heterocycles. The van der Waals surface area contributed by atoms with Crippen LogP contribution in [0, 0.1) is 23.7 Å². The van der Waals surface area contributed by atoms with Gasteiger partial charge in [0.15, 0.2) is 5.75 Å². The summed E-state index contributed by atoms with van der Waals surface area (Å²) in [6, 6.07) is 13.2. The van der Waals surface area contributed by atoms with Gasteiger partial charge in [0.1, 0.15) is 57.0 Å². The van der Waals surface area contributed by atoms with Crippen LogP contribution < -0.4 is 34.3 Å². The second-order valence-electron chi connectivity index (χ2n) is 34.3. The van der Waals surface area contributed by atoms with Gasteiger partial charge in [-0.3, -0.25) is 47.8 Å². The third kappa shape index (κ3) is 15.9. The summed E-state index contributed by atoms with van der Waals surface area (Å²) in [5.41, 5.74) is -2.88. The molecule has 5 N–H and O–H groups in total. The lowest BCUT2D eigenvalue weighted by Crippen LogP contribution is -2.57. The summed E-state index contributed by atoms with van der Waals surface area (Å²) in [6.07, 6.45) is 18.7. The van der Waals surface area contributed by atoms with E-state index < -0.39 is 134 Å². The number of ether oxygens (including phenoxy) is 5. The van der Waals surface area contributed by atoms with Gasteiger partial charge in [-0.15, -0.1) is 0 Å². The summed E-state index contributed by atoms with van der Waals surface area (Å²) in [5.74, 6) is -5.66. The molecular weight excluding hydrogens is 1430 g/mol. The highest BCUT2D eigenvalue weighted by molar-refractivity contribution is 7.92. The molecule has 0 unspecified atom stereocenters. The van der Waals surface area contributed by atoms with E-state index in [4.69, 9.17) is 28.7 Å². The molecule has 26 nitrogen and oxygen atoms in total. The number of methoxy groups -OCH3 is 1. The Morgan fingerprint density at radius 1 is 0.583 bits per heavy atom. The Hall–Kier alpha value is -8.24. The number of carbonyl (C=O) groups excluding carboxylic acids is 8. The number of pyridine rings is 2. The first-order chi connectivity index (χ1) is 51.0. The molecule has 2 aromatic carbocycles. The molecule has 4 aromatic rings. The number of carbonyl (C=O) groups is 8. The average molecular weight is 1530 g/mol. The van der Waals surface area contributed by atoms with E-state index in [0.717, 1.165) is 58.6 Å². The molecule has 2 saturated heterocycles. The minimum Gasteiger partial charge on any atom is -0.483 e. The van der Waals surface area contributed by atoms with E-state index in [1.807, 2.05) is 72.8 Å². The molecule has 108 heavy (non-hydrogen) atoms. The maximum atomic E-state index is 14.8. The van der Waals surface area contributed by atoms with Gasteiger partial charge in [0.2, 0.25) is 43.7 Å². The van der Waals surface area contributed by atoms with Crippen molar-refractivity contribution in [1.82, 2.24) is 39.8 Å². The van der Waals surface area contributed by atoms with Crippen molar-refractivity contribution in [2.45, 2.75) is 271 Å². The lowest BCUT2D eigenvalue weighted by atomic mass is 9.87. The molecule has 4 saturated carbocycles. The number of sulfonamides is 2. The van der Waals surface area contributed by atoms with E-state index >= 15 is 0 Å². The number of nitrogens with zero attached hydrogens (tertiary/aromatic N) is 4. The highest BCUT2D eigenvalue weighted by Gasteiger charge is 2.66. The quantitative estimate of drug-likeness (QED) is 0.0653. The number of nitrogens with one attached hydrogen (secondary N) is 4. The minimum absolute atomic E-state index is 0.0289. The fourth-order valence-electron chi connectivity index (χ4n) is 16.7. The first-order valence-corrected chi connectivity index (χ1v) is 41.4. The van der Waals surface area contributed by atoms with Crippen LogP contribution in [0.5, 0.6) is 17.4 Å². The fourth-order valence-corrected chi connectivity index (χ4v) is 19.3.